The molecular formula is C15H25N3O. The van der Waals surface area contributed by atoms with Crippen LogP contribution in [0.4, 0.5) is 5.69 Å². The molecule has 2 unspecified atom stereocenters. The summed E-state index contributed by atoms with van der Waals surface area (Å²) >= 11 is 0. The summed E-state index contributed by atoms with van der Waals surface area (Å²) in [5.41, 5.74) is 1.64. The van der Waals surface area contributed by atoms with Gasteiger partial charge < -0.3 is 10.1 Å². The fourth-order valence-corrected chi connectivity index (χ4v) is 3.33. The molecule has 0 amide bonds. The van der Waals surface area contributed by atoms with E-state index in [1.807, 2.05) is 10.9 Å². The minimum atomic E-state index is 0.359. The lowest BCUT2D eigenvalue weighted by Gasteiger charge is -2.17. The normalized spacial score (nSPS) is 29.8. The number of aromatic nitrogens is 2. The van der Waals surface area contributed by atoms with Gasteiger partial charge in [-0.15, -0.1) is 0 Å². The van der Waals surface area contributed by atoms with E-state index >= 15 is 0 Å². The zero-order chi connectivity index (χ0) is 13.3. The molecule has 2 atom stereocenters. The third-order valence-corrected chi connectivity index (χ3v) is 4.39. The maximum atomic E-state index is 5.65. The molecule has 4 nitrogen and oxygen atoms in total. The molecular weight excluding hydrogens is 238 g/mol. The number of nitrogens with zero attached hydrogens (tertiary/aromatic N) is 2. The van der Waals surface area contributed by atoms with Crippen molar-refractivity contribution in [1.82, 2.24) is 9.78 Å². The molecule has 1 aliphatic carbocycles. The molecule has 0 spiro atoms. The maximum absolute atomic E-state index is 5.65. The topological polar surface area (TPSA) is 39.1 Å². The van der Waals surface area contributed by atoms with Gasteiger partial charge in [0.05, 0.1) is 24.5 Å². The van der Waals surface area contributed by atoms with Gasteiger partial charge in [-0.3, -0.25) is 4.68 Å². The van der Waals surface area contributed by atoms with E-state index in [4.69, 9.17) is 4.74 Å². The molecule has 1 saturated heterocycles. The van der Waals surface area contributed by atoms with Gasteiger partial charge in [-0.05, 0) is 37.5 Å². The van der Waals surface area contributed by atoms with Crippen LogP contribution in [0.25, 0.3) is 0 Å². The average Bonchev–Trinajstić information content (AvgIpc) is 3.04. The van der Waals surface area contributed by atoms with Crippen LogP contribution in [0, 0.1) is 5.41 Å². The molecule has 106 valence electrons. The van der Waals surface area contributed by atoms with Crippen LogP contribution in [0.2, 0.25) is 0 Å². The summed E-state index contributed by atoms with van der Waals surface area (Å²) in [5, 5.41) is 8.05. The molecule has 1 saturated carbocycles. The third-order valence-electron chi connectivity index (χ3n) is 4.39. The Labute approximate surface area is 115 Å². The minimum absolute atomic E-state index is 0.359. The SMILES string of the molecule is CC1(C)CCC(Nc2cnn(CC3CCCO3)c2)C1. The molecule has 1 aromatic rings. The Bertz CT molecular complexity index is 421. The molecule has 19 heavy (non-hydrogen) atoms. The van der Waals surface area contributed by atoms with Crippen LogP contribution in [0.15, 0.2) is 12.4 Å². The Morgan fingerprint density at radius 2 is 2.37 bits per heavy atom. The number of nitrogens with one attached hydrogen (secondary N) is 1. The molecule has 1 N–H and O–H groups in total. The molecule has 1 aromatic heterocycles. The molecule has 3 rings (SSSR count). The lowest BCUT2D eigenvalue weighted by Crippen LogP contribution is -2.17. The lowest BCUT2D eigenvalue weighted by molar-refractivity contribution is 0.0940. The Morgan fingerprint density at radius 3 is 3.05 bits per heavy atom. The van der Waals surface area contributed by atoms with Gasteiger partial charge in [-0.2, -0.15) is 5.10 Å². The first kappa shape index (κ1) is 13.0. The van der Waals surface area contributed by atoms with Gasteiger partial charge >= 0.3 is 0 Å². The molecule has 0 radical (unpaired) electrons. The van der Waals surface area contributed by atoms with E-state index < -0.39 is 0 Å². The van der Waals surface area contributed by atoms with Crippen molar-refractivity contribution in [2.24, 2.45) is 5.41 Å². The van der Waals surface area contributed by atoms with Crippen molar-refractivity contribution in [3.05, 3.63) is 12.4 Å². The maximum Gasteiger partial charge on any atom is 0.0771 e. The van der Waals surface area contributed by atoms with E-state index in [1.165, 1.54) is 32.1 Å². The molecule has 0 bridgehead atoms. The number of hydrogen-bond acceptors (Lipinski definition) is 3. The molecule has 2 fully saturated rings. The highest BCUT2D eigenvalue weighted by Gasteiger charge is 2.30. The molecule has 0 aromatic carbocycles. The summed E-state index contributed by atoms with van der Waals surface area (Å²) < 4.78 is 7.66. The third kappa shape index (κ3) is 3.30. The van der Waals surface area contributed by atoms with Gasteiger partial charge in [0.15, 0.2) is 0 Å². The summed E-state index contributed by atoms with van der Waals surface area (Å²) in [6, 6.07) is 0.607. The number of ether oxygens (including phenoxy) is 1. The van der Waals surface area contributed by atoms with E-state index in [1.54, 1.807) is 0 Å². The average molecular weight is 263 g/mol. The summed E-state index contributed by atoms with van der Waals surface area (Å²) in [6.45, 7) is 6.51. The van der Waals surface area contributed by atoms with Crippen LogP contribution in [0.3, 0.4) is 0 Å². The Kier molecular flexibility index (Phi) is 3.52. The van der Waals surface area contributed by atoms with Gasteiger partial charge in [-0.1, -0.05) is 13.8 Å². The Hall–Kier alpha value is -1.03. The summed E-state index contributed by atoms with van der Waals surface area (Å²) in [4.78, 5) is 0. The highest BCUT2D eigenvalue weighted by atomic mass is 16.5. The second-order valence-electron chi connectivity index (χ2n) is 6.83. The first-order valence-electron chi connectivity index (χ1n) is 7.51. The van der Waals surface area contributed by atoms with Crippen LogP contribution in [-0.2, 0) is 11.3 Å². The zero-order valence-electron chi connectivity index (χ0n) is 12.1. The van der Waals surface area contributed by atoms with Gasteiger partial charge in [0, 0.05) is 18.8 Å². The number of anilines is 1. The van der Waals surface area contributed by atoms with Crippen molar-refractivity contribution < 1.29 is 4.74 Å². The van der Waals surface area contributed by atoms with Crippen molar-refractivity contribution in [1.29, 1.82) is 0 Å². The van der Waals surface area contributed by atoms with Crippen LogP contribution < -0.4 is 5.32 Å². The quantitative estimate of drug-likeness (QED) is 0.907. The lowest BCUT2D eigenvalue weighted by atomic mass is 9.92. The van der Waals surface area contributed by atoms with Crippen molar-refractivity contribution in [3.63, 3.8) is 0 Å². The van der Waals surface area contributed by atoms with Crippen molar-refractivity contribution in [2.75, 3.05) is 11.9 Å². The smallest absolute Gasteiger partial charge is 0.0771 e. The highest BCUT2D eigenvalue weighted by molar-refractivity contribution is 5.39. The number of rotatable bonds is 4. The van der Waals surface area contributed by atoms with Crippen LogP contribution in [0.1, 0.15) is 46.0 Å². The summed E-state index contributed by atoms with van der Waals surface area (Å²) in [6.07, 6.45) is 10.6. The van der Waals surface area contributed by atoms with Gasteiger partial charge in [0.1, 0.15) is 0 Å². The first-order chi connectivity index (χ1) is 9.11. The Morgan fingerprint density at radius 1 is 1.47 bits per heavy atom. The van der Waals surface area contributed by atoms with Crippen LogP contribution >= 0.6 is 0 Å². The van der Waals surface area contributed by atoms with E-state index in [0.29, 0.717) is 17.6 Å². The van der Waals surface area contributed by atoms with Gasteiger partial charge in [0.2, 0.25) is 0 Å². The van der Waals surface area contributed by atoms with Crippen molar-refractivity contribution >= 4 is 5.69 Å². The second kappa shape index (κ2) is 5.16. The predicted octanol–water partition coefficient (Wildman–Crippen LogP) is 3.05. The van der Waals surface area contributed by atoms with Gasteiger partial charge in [-0.25, -0.2) is 0 Å². The summed E-state index contributed by atoms with van der Waals surface area (Å²) in [7, 11) is 0. The molecule has 2 heterocycles. The highest BCUT2D eigenvalue weighted by Crippen LogP contribution is 2.38. The van der Waals surface area contributed by atoms with Crippen LogP contribution in [-0.4, -0.2) is 28.5 Å². The fraction of sp³-hybridized carbons (Fsp3) is 0.800. The zero-order valence-corrected chi connectivity index (χ0v) is 12.1. The first-order valence-corrected chi connectivity index (χ1v) is 7.51. The van der Waals surface area contributed by atoms with Crippen molar-refractivity contribution in [2.45, 2.75) is 64.6 Å². The van der Waals surface area contributed by atoms with Crippen LogP contribution in [0.5, 0.6) is 0 Å². The van der Waals surface area contributed by atoms with E-state index in [9.17, 15) is 0 Å². The van der Waals surface area contributed by atoms with Gasteiger partial charge in [0.25, 0.3) is 0 Å². The largest absolute Gasteiger partial charge is 0.380 e. The van der Waals surface area contributed by atoms with Crippen molar-refractivity contribution in [3.8, 4) is 0 Å². The molecule has 2 aliphatic rings. The minimum Gasteiger partial charge on any atom is -0.380 e. The Balaban J connectivity index is 1.53. The standard InChI is InChI=1S/C15H25N3O/c1-15(2)6-5-12(8-15)17-13-9-16-18(10-13)11-14-4-3-7-19-14/h9-10,12,14,17H,3-8,11H2,1-2H3. The van der Waals surface area contributed by atoms with E-state index in [2.05, 4.69) is 30.5 Å². The molecule has 1 aliphatic heterocycles. The second-order valence-corrected chi connectivity index (χ2v) is 6.83. The summed E-state index contributed by atoms with van der Waals surface area (Å²) in [5.74, 6) is 0. The monoisotopic (exact) mass is 263 g/mol. The fourth-order valence-electron chi connectivity index (χ4n) is 3.33. The van der Waals surface area contributed by atoms with E-state index in [0.717, 1.165) is 18.8 Å². The predicted molar refractivity (Wildman–Crippen MR) is 76.2 cm³/mol. The van der Waals surface area contributed by atoms with E-state index in [-0.39, 0.29) is 0 Å². The molecule has 4 heteroatoms. The number of hydrogen-bond donors (Lipinski definition) is 1.